The number of anilines is 8. The van der Waals surface area contributed by atoms with E-state index in [0.717, 1.165) is 72.9 Å². The first-order valence-corrected chi connectivity index (χ1v) is 21.8. The predicted octanol–water partition coefficient (Wildman–Crippen LogP) is 12.0. The molecule has 13 nitrogen and oxygen atoms in total. The van der Waals surface area contributed by atoms with Gasteiger partial charge in [0.05, 0.1) is 11.0 Å². The van der Waals surface area contributed by atoms with Crippen molar-refractivity contribution in [1.29, 1.82) is 0 Å². The van der Waals surface area contributed by atoms with Gasteiger partial charge in [0.15, 0.2) is 12.4 Å². The van der Waals surface area contributed by atoms with Crippen LogP contribution >= 0.6 is 0 Å². The standard InChI is InChI=1S/C55H42N10O3/c1-35-7-3-14-49-53(35)50(20-26-57-49)61-40-10-4-8-37(30-40)54(66)63-42-12-6-13-46(32-42)68-45-21-27-65(28-22-45)44-15-16-48-47(34-44)51(29-36(2)59-48)62-41-11-5-9-38(31-41)55(67)64-52-33-43(19-25-58-52)60-39-17-23-56-24-18-39/h3-34H,1-2H3,(H4-,56,57,58,59,60,61,62,63,64,66,67)/p+1. The first-order valence-electron chi connectivity index (χ1n) is 21.8. The summed E-state index contributed by atoms with van der Waals surface area (Å²) in [6.45, 7) is 4.01. The van der Waals surface area contributed by atoms with Crippen molar-refractivity contribution in [3.05, 3.63) is 217 Å². The van der Waals surface area contributed by atoms with Gasteiger partial charge in [-0.25, -0.2) is 4.98 Å². The number of nitrogens with one attached hydrogen (secondary N) is 5. The zero-order valence-electron chi connectivity index (χ0n) is 36.9. The van der Waals surface area contributed by atoms with Gasteiger partial charge in [0, 0.05) is 129 Å². The summed E-state index contributed by atoms with van der Waals surface area (Å²) in [5, 5.41) is 18.2. The zero-order valence-corrected chi connectivity index (χ0v) is 36.9. The quantitative estimate of drug-likeness (QED) is 0.0705. The number of amides is 2. The van der Waals surface area contributed by atoms with E-state index in [9.17, 15) is 9.59 Å². The maximum Gasteiger partial charge on any atom is 0.256 e. The molecule has 0 radical (unpaired) electrons. The molecule has 0 atom stereocenters. The van der Waals surface area contributed by atoms with E-state index in [2.05, 4.69) is 60.6 Å². The molecular weight excluding hydrogens is 849 g/mol. The minimum atomic E-state index is -0.291. The summed E-state index contributed by atoms with van der Waals surface area (Å²) in [6.07, 6.45) is 10.7. The third-order valence-electron chi connectivity index (χ3n) is 11.1. The van der Waals surface area contributed by atoms with Crippen LogP contribution in [-0.4, -0.2) is 31.8 Å². The van der Waals surface area contributed by atoms with E-state index < -0.39 is 0 Å². The van der Waals surface area contributed by atoms with Gasteiger partial charge in [-0.15, -0.1) is 0 Å². The van der Waals surface area contributed by atoms with Crippen LogP contribution in [0.3, 0.4) is 0 Å². The van der Waals surface area contributed by atoms with E-state index >= 15 is 0 Å². The number of hydrogen-bond donors (Lipinski definition) is 5. The van der Waals surface area contributed by atoms with Gasteiger partial charge in [-0.05, 0) is 110 Å². The molecule has 330 valence electrons. The second-order valence-electron chi connectivity index (χ2n) is 16.0. The van der Waals surface area contributed by atoms with Crippen LogP contribution in [0.2, 0.25) is 0 Å². The molecule has 0 unspecified atom stereocenters. The molecular formula is C55H43N10O3+. The Morgan fingerprint density at radius 1 is 0.515 bits per heavy atom. The molecule has 13 heteroatoms. The number of nitrogens with zero attached hydrogens (tertiary/aromatic N) is 5. The number of benzene rings is 5. The Morgan fingerprint density at radius 2 is 1.19 bits per heavy atom. The van der Waals surface area contributed by atoms with Crippen molar-refractivity contribution in [1.82, 2.24) is 19.9 Å². The van der Waals surface area contributed by atoms with Crippen molar-refractivity contribution in [2.45, 2.75) is 13.8 Å². The Bertz CT molecular complexity index is 3490. The molecule has 0 fully saturated rings. The van der Waals surface area contributed by atoms with Crippen molar-refractivity contribution < 1.29 is 18.9 Å². The van der Waals surface area contributed by atoms with Gasteiger partial charge in [-0.2, -0.15) is 4.57 Å². The zero-order chi connectivity index (χ0) is 46.4. The van der Waals surface area contributed by atoms with Crippen molar-refractivity contribution in [2.75, 3.05) is 26.6 Å². The highest BCUT2D eigenvalue weighted by Gasteiger charge is 2.15. The van der Waals surface area contributed by atoms with Crippen LogP contribution in [0.5, 0.6) is 11.5 Å². The van der Waals surface area contributed by atoms with E-state index in [1.807, 2.05) is 139 Å². The Morgan fingerprint density at radius 3 is 1.99 bits per heavy atom. The van der Waals surface area contributed by atoms with Gasteiger partial charge in [0.2, 0.25) is 5.69 Å². The third-order valence-corrected chi connectivity index (χ3v) is 11.1. The molecule has 10 rings (SSSR count). The van der Waals surface area contributed by atoms with E-state index in [1.165, 1.54) is 0 Å². The fourth-order valence-electron chi connectivity index (χ4n) is 7.88. The molecule has 0 aliphatic rings. The fraction of sp³-hybridized carbons (Fsp3) is 0.0364. The molecule has 0 saturated carbocycles. The van der Waals surface area contributed by atoms with Crippen molar-refractivity contribution in [2.24, 2.45) is 0 Å². The number of carbonyl (C=O) groups is 2. The lowest BCUT2D eigenvalue weighted by Crippen LogP contribution is -2.29. The maximum atomic E-state index is 13.5. The number of carbonyl (C=O) groups excluding carboxylic acids is 2. The van der Waals surface area contributed by atoms with E-state index in [-0.39, 0.29) is 11.8 Å². The molecule has 0 spiro atoms. The normalized spacial score (nSPS) is 10.9. The lowest BCUT2D eigenvalue weighted by molar-refractivity contribution is -0.595. The van der Waals surface area contributed by atoms with Crippen LogP contribution in [0, 0.1) is 13.8 Å². The summed E-state index contributed by atoms with van der Waals surface area (Å²) in [5.41, 5.74) is 11.1. The van der Waals surface area contributed by atoms with E-state index in [1.54, 1.807) is 55.1 Å². The van der Waals surface area contributed by atoms with Gasteiger partial charge in [0.1, 0.15) is 17.3 Å². The molecule has 10 aromatic rings. The summed E-state index contributed by atoms with van der Waals surface area (Å²) < 4.78 is 8.24. The molecule has 2 amide bonds. The molecule has 0 saturated heterocycles. The number of fused-ring (bicyclic) bond motifs is 2. The lowest BCUT2D eigenvalue weighted by Gasteiger charge is -2.13. The largest absolute Gasteiger partial charge is 0.457 e. The van der Waals surface area contributed by atoms with Crippen LogP contribution in [0.1, 0.15) is 32.0 Å². The Kier molecular flexibility index (Phi) is 11.8. The molecule has 5 heterocycles. The van der Waals surface area contributed by atoms with Crippen molar-refractivity contribution in [3.8, 4) is 17.2 Å². The average Bonchev–Trinajstić information content (AvgIpc) is 3.35. The first kappa shape index (κ1) is 42.5. The number of hydrogen-bond acceptors (Lipinski definition) is 10. The minimum Gasteiger partial charge on any atom is -0.457 e. The molecule has 5 aromatic heterocycles. The average molecular weight is 892 g/mol. The van der Waals surface area contributed by atoms with Crippen LogP contribution in [-0.2, 0) is 0 Å². The highest BCUT2D eigenvalue weighted by molar-refractivity contribution is 6.06. The summed E-state index contributed by atoms with van der Waals surface area (Å²) in [7, 11) is 0. The monoisotopic (exact) mass is 891 g/mol. The summed E-state index contributed by atoms with van der Waals surface area (Å²) in [6, 6.07) is 49.2. The van der Waals surface area contributed by atoms with E-state index in [4.69, 9.17) is 9.72 Å². The van der Waals surface area contributed by atoms with E-state index in [0.29, 0.717) is 34.1 Å². The third kappa shape index (κ3) is 9.77. The Labute approximate surface area is 391 Å². The van der Waals surface area contributed by atoms with Crippen LogP contribution < -0.4 is 35.9 Å². The highest BCUT2D eigenvalue weighted by Crippen LogP contribution is 2.31. The topological polar surface area (TPSA) is 159 Å². The van der Waals surface area contributed by atoms with Crippen LogP contribution in [0.25, 0.3) is 27.5 Å². The summed E-state index contributed by atoms with van der Waals surface area (Å²) >= 11 is 0. The summed E-state index contributed by atoms with van der Waals surface area (Å²) in [4.78, 5) is 44.6. The molecule has 68 heavy (non-hydrogen) atoms. The summed E-state index contributed by atoms with van der Waals surface area (Å²) in [5.74, 6) is 1.07. The number of pyridine rings is 5. The molecule has 0 bridgehead atoms. The molecule has 5 aromatic carbocycles. The van der Waals surface area contributed by atoms with Gasteiger partial charge in [-0.1, -0.05) is 30.3 Å². The first-order chi connectivity index (χ1) is 33.3. The van der Waals surface area contributed by atoms with Crippen LogP contribution in [0.4, 0.5) is 45.6 Å². The van der Waals surface area contributed by atoms with Crippen molar-refractivity contribution >= 4 is 79.2 Å². The number of aromatic nitrogens is 5. The SMILES string of the molecule is Cc1cc(Nc2cccc(C(=O)Nc3cc(Nc4ccncc4)ccn3)c2)c2cc(-[n+]3ccc(Oc4cccc(NC(=O)c5cccc(Nc6ccnc7cccc(C)c67)c5)c4)cc3)ccc2n1. The number of rotatable bonds is 13. The minimum absolute atomic E-state index is 0.246. The Hall–Kier alpha value is -9.49. The number of aryl methyl sites for hydroxylation is 2. The second-order valence-corrected chi connectivity index (χ2v) is 16.0. The van der Waals surface area contributed by atoms with Gasteiger partial charge < -0.3 is 31.3 Å². The smallest absolute Gasteiger partial charge is 0.256 e. The Balaban J connectivity index is 0.797. The predicted molar refractivity (Wildman–Crippen MR) is 268 cm³/mol. The van der Waals surface area contributed by atoms with Gasteiger partial charge >= 0.3 is 0 Å². The molecule has 0 aliphatic heterocycles. The second kappa shape index (κ2) is 18.9. The maximum absolute atomic E-state index is 13.5. The van der Waals surface area contributed by atoms with Gasteiger partial charge in [-0.3, -0.25) is 24.5 Å². The van der Waals surface area contributed by atoms with Crippen molar-refractivity contribution in [3.63, 3.8) is 0 Å². The highest BCUT2D eigenvalue weighted by atomic mass is 16.5. The fourth-order valence-corrected chi connectivity index (χ4v) is 7.88. The van der Waals surface area contributed by atoms with Gasteiger partial charge in [0.25, 0.3) is 11.8 Å². The molecule has 5 N–H and O–H groups in total. The van der Waals surface area contributed by atoms with Crippen LogP contribution in [0.15, 0.2) is 195 Å². The number of ether oxygens (including phenoxy) is 1. The lowest BCUT2D eigenvalue weighted by atomic mass is 10.1. The molecule has 0 aliphatic carbocycles.